The van der Waals surface area contributed by atoms with E-state index in [1.165, 1.54) is 34.6 Å². The van der Waals surface area contributed by atoms with Crippen molar-refractivity contribution in [3.05, 3.63) is 44.7 Å². The first-order valence-corrected chi connectivity index (χ1v) is 9.43. The summed E-state index contributed by atoms with van der Waals surface area (Å²) in [6.45, 7) is 5.52. The van der Waals surface area contributed by atoms with Crippen molar-refractivity contribution < 1.29 is 0 Å². The summed E-state index contributed by atoms with van der Waals surface area (Å²) in [4.78, 5) is 2.72. The number of halogens is 2. The van der Waals surface area contributed by atoms with Gasteiger partial charge in [0, 0.05) is 20.3 Å². The Bertz CT molecular complexity index is 582. The van der Waals surface area contributed by atoms with E-state index < -0.39 is 0 Å². The normalized spacial score (nSPS) is 12.6. The Labute approximate surface area is 144 Å². The molecule has 0 aliphatic carbocycles. The molecule has 1 aromatic carbocycles. The SMILES string of the molecule is CCCNC(CCC)c1ccc(-c2ccc(Cl)c(Br)c2)s1. The van der Waals surface area contributed by atoms with Gasteiger partial charge in [0.15, 0.2) is 0 Å². The van der Waals surface area contributed by atoms with Gasteiger partial charge in [-0.15, -0.1) is 11.3 Å². The van der Waals surface area contributed by atoms with Crippen LogP contribution in [0.25, 0.3) is 10.4 Å². The molecule has 0 bridgehead atoms. The first-order valence-electron chi connectivity index (χ1n) is 7.44. The molecule has 0 amide bonds. The van der Waals surface area contributed by atoms with Crippen molar-refractivity contribution >= 4 is 38.9 Å². The lowest BCUT2D eigenvalue weighted by Crippen LogP contribution is -2.21. The number of nitrogens with one attached hydrogen (secondary N) is 1. The Hall–Kier alpha value is -0.350. The standard InChI is InChI=1S/C17H21BrClNS/c1-3-5-15(20-10-4-2)17-9-8-16(21-17)12-6-7-14(19)13(18)11-12/h6-9,11,15,20H,3-5,10H2,1-2H3. The van der Waals surface area contributed by atoms with Crippen LogP contribution in [0.2, 0.25) is 5.02 Å². The number of rotatable bonds is 7. The molecule has 1 atom stereocenters. The highest BCUT2D eigenvalue weighted by Crippen LogP contribution is 2.35. The van der Waals surface area contributed by atoms with Gasteiger partial charge in [-0.3, -0.25) is 0 Å². The van der Waals surface area contributed by atoms with E-state index in [2.05, 4.69) is 59.4 Å². The third-order valence-electron chi connectivity index (χ3n) is 3.39. The lowest BCUT2D eigenvalue weighted by atomic mass is 10.1. The van der Waals surface area contributed by atoms with Crippen molar-refractivity contribution in [3.8, 4) is 10.4 Å². The molecule has 1 heterocycles. The quantitative estimate of drug-likeness (QED) is 0.560. The van der Waals surface area contributed by atoms with E-state index in [1.807, 2.05) is 17.4 Å². The van der Waals surface area contributed by atoms with Crippen LogP contribution in [-0.4, -0.2) is 6.54 Å². The lowest BCUT2D eigenvalue weighted by Gasteiger charge is -2.16. The molecular weight excluding hydrogens is 366 g/mol. The summed E-state index contributed by atoms with van der Waals surface area (Å²) < 4.78 is 0.950. The van der Waals surface area contributed by atoms with Gasteiger partial charge in [0.2, 0.25) is 0 Å². The minimum absolute atomic E-state index is 0.476. The minimum Gasteiger partial charge on any atom is -0.309 e. The van der Waals surface area contributed by atoms with E-state index in [-0.39, 0.29) is 0 Å². The number of hydrogen-bond acceptors (Lipinski definition) is 2. The summed E-state index contributed by atoms with van der Waals surface area (Å²) >= 11 is 11.4. The molecule has 0 radical (unpaired) electrons. The number of benzene rings is 1. The van der Waals surface area contributed by atoms with Crippen LogP contribution in [0.1, 0.15) is 44.0 Å². The van der Waals surface area contributed by atoms with Crippen LogP contribution >= 0.6 is 38.9 Å². The van der Waals surface area contributed by atoms with Gasteiger partial charge in [0.05, 0.1) is 5.02 Å². The highest BCUT2D eigenvalue weighted by molar-refractivity contribution is 9.10. The average Bonchev–Trinajstić information content (AvgIpc) is 2.96. The first-order chi connectivity index (χ1) is 10.2. The maximum atomic E-state index is 6.07. The zero-order valence-electron chi connectivity index (χ0n) is 12.5. The Balaban J connectivity index is 2.20. The largest absolute Gasteiger partial charge is 0.309 e. The minimum atomic E-state index is 0.476. The van der Waals surface area contributed by atoms with E-state index in [1.54, 1.807) is 0 Å². The fourth-order valence-corrected chi connectivity index (χ4v) is 3.91. The highest BCUT2D eigenvalue weighted by Gasteiger charge is 2.13. The Kier molecular flexibility index (Phi) is 6.74. The van der Waals surface area contributed by atoms with Gasteiger partial charge in [-0.05, 0) is 65.1 Å². The molecule has 4 heteroatoms. The molecule has 114 valence electrons. The summed E-state index contributed by atoms with van der Waals surface area (Å²) in [5, 5.41) is 4.41. The van der Waals surface area contributed by atoms with Crippen LogP contribution in [-0.2, 0) is 0 Å². The zero-order chi connectivity index (χ0) is 15.2. The van der Waals surface area contributed by atoms with Crippen molar-refractivity contribution in [1.29, 1.82) is 0 Å². The monoisotopic (exact) mass is 385 g/mol. The van der Waals surface area contributed by atoms with Gasteiger partial charge in [0.1, 0.15) is 0 Å². The molecule has 1 N–H and O–H groups in total. The molecule has 1 unspecified atom stereocenters. The maximum Gasteiger partial charge on any atom is 0.0548 e. The second-order valence-electron chi connectivity index (χ2n) is 5.13. The molecule has 0 aliphatic rings. The molecule has 0 saturated carbocycles. The second kappa shape index (κ2) is 8.33. The molecule has 2 aromatic rings. The molecule has 21 heavy (non-hydrogen) atoms. The summed E-state index contributed by atoms with van der Waals surface area (Å²) in [7, 11) is 0. The second-order valence-corrected chi connectivity index (χ2v) is 7.50. The lowest BCUT2D eigenvalue weighted by molar-refractivity contribution is 0.501. The maximum absolute atomic E-state index is 6.07. The zero-order valence-corrected chi connectivity index (χ0v) is 15.6. The summed E-state index contributed by atoms with van der Waals surface area (Å²) in [6, 6.07) is 11.1. The fourth-order valence-electron chi connectivity index (χ4n) is 2.30. The van der Waals surface area contributed by atoms with E-state index >= 15 is 0 Å². The molecule has 1 aromatic heterocycles. The smallest absolute Gasteiger partial charge is 0.0548 e. The van der Waals surface area contributed by atoms with Gasteiger partial charge in [-0.1, -0.05) is 37.9 Å². The molecule has 1 nitrogen and oxygen atoms in total. The third-order valence-corrected chi connectivity index (χ3v) is 5.85. The van der Waals surface area contributed by atoms with Gasteiger partial charge >= 0.3 is 0 Å². The molecule has 0 saturated heterocycles. The number of hydrogen-bond donors (Lipinski definition) is 1. The molecule has 0 fully saturated rings. The van der Waals surface area contributed by atoms with E-state index in [0.29, 0.717) is 6.04 Å². The van der Waals surface area contributed by atoms with Gasteiger partial charge in [-0.25, -0.2) is 0 Å². The van der Waals surface area contributed by atoms with E-state index in [4.69, 9.17) is 11.6 Å². The van der Waals surface area contributed by atoms with Gasteiger partial charge < -0.3 is 5.32 Å². The Morgan fingerprint density at radius 2 is 2.00 bits per heavy atom. The first kappa shape index (κ1) is 17.0. The predicted molar refractivity (Wildman–Crippen MR) is 98.4 cm³/mol. The van der Waals surface area contributed by atoms with Crippen LogP contribution in [0.4, 0.5) is 0 Å². The van der Waals surface area contributed by atoms with E-state index in [0.717, 1.165) is 16.0 Å². The van der Waals surface area contributed by atoms with Crippen LogP contribution < -0.4 is 5.32 Å². The highest BCUT2D eigenvalue weighted by atomic mass is 79.9. The Morgan fingerprint density at radius 1 is 1.19 bits per heavy atom. The van der Waals surface area contributed by atoms with Crippen molar-refractivity contribution in [2.75, 3.05) is 6.54 Å². The van der Waals surface area contributed by atoms with Crippen LogP contribution in [0.5, 0.6) is 0 Å². The Morgan fingerprint density at radius 3 is 2.67 bits per heavy atom. The molecular formula is C17H21BrClNS. The number of thiophene rings is 1. The topological polar surface area (TPSA) is 12.0 Å². The summed E-state index contributed by atoms with van der Waals surface area (Å²) in [5.74, 6) is 0. The van der Waals surface area contributed by atoms with Crippen LogP contribution in [0.3, 0.4) is 0 Å². The summed E-state index contributed by atoms with van der Waals surface area (Å²) in [6.07, 6.45) is 3.55. The molecule has 0 spiro atoms. The molecule has 2 rings (SSSR count). The van der Waals surface area contributed by atoms with Gasteiger partial charge in [-0.2, -0.15) is 0 Å². The van der Waals surface area contributed by atoms with E-state index in [9.17, 15) is 0 Å². The summed E-state index contributed by atoms with van der Waals surface area (Å²) in [5.41, 5.74) is 1.22. The fraction of sp³-hybridized carbons (Fsp3) is 0.412. The predicted octanol–water partition coefficient (Wildman–Crippen LogP) is 6.67. The average molecular weight is 387 g/mol. The third kappa shape index (κ3) is 4.56. The van der Waals surface area contributed by atoms with Gasteiger partial charge in [0.25, 0.3) is 0 Å². The molecule has 0 aliphatic heterocycles. The van der Waals surface area contributed by atoms with Crippen molar-refractivity contribution in [3.63, 3.8) is 0 Å². The van der Waals surface area contributed by atoms with Crippen molar-refractivity contribution in [1.82, 2.24) is 5.32 Å². The van der Waals surface area contributed by atoms with Crippen molar-refractivity contribution in [2.24, 2.45) is 0 Å². The van der Waals surface area contributed by atoms with Crippen LogP contribution in [0, 0.1) is 0 Å². The van der Waals surface area contributed by atoms with Crippen LogP contribution in [0.15, 0.2) is 34.8 Å². The van der Waals surface area contributed by atoms with Crippen molar-refractivity contribution in [2.45, 2.75) is 39.2 Å².